The van der Waals surface area contributed by atoms with Crippen molar-refractivity contribution in [3.8, 4) is 0 Å². The number of piperidine rings is 1. The van der Waals surface area contributed by atoms with Gasteiger partial charge in [-0.05, 0) is 31.6 Å². The van der Waals surface area contributed by atoms with Crippen molar-refractivity contribution in [3.05, 3.63) is 0 Å². The van der Waals surface area contributed by atoms with Crippen molar-refractivity contribution < 1.29 is 5.11 Å². The number of rotatable bonds is 1. The van der Waals surface area contributed by atoms with E-state index in [0.717, 1.165) is 32.4 Å². The number of aliphatic hydroxyl groups is 1. The smallest absolute Gasteiger partial charge is 0.0670 e. The number of likely N-dealkylation sites (tertiary alicyclic amines) is 1. The molecule has 2 fully saturated rings. The Morgan fingerprint density at radius 1 is 1.21 bits per heavy atom. The minimum atomic E-state index is -0.115. The minimum Gasteiger partial charge on any atom is -0.392 e. The second-order valence-corrected chi connectivity index (χ2v) is 5.18. The van der Waals surface area contributed by atoms with E-state index < -0.39 is 0 Å². The zero-order valence-corrected chi connectivity index (χ0v) is 9.02. The maximum Gasteiger partial charge on any atom is 0.0670 e. The Morgan fingerprint density at radius 2 is 2.00 bits per heavy atom. The number of hydrogen-bond donors (Lipinski definition) is 2. The molecule has 82 valence electrons. The lowest BCUT2D eigenvalue weighted by Crippen LogP contribution is -2.47. The quantitative estimate of drug-likeness (QED) is 0.647. The summed E-state index contributed by atoms with van der Waals surface area (Å²) >= 11 is 0. The summed E-state index contributed by atoms with van der Waals surface area (Å²) in [5, 5.41) is 9.70. The predicted molar refractivity (Wildman–Crippen MR) is 57.0 cm³/mol. The van der Waals surface area contributed by atoms with E-state index >= 15 is 0 Å². The van der Waals surface area contributed by atoms with Crippen LogP contribution in [0, 0.1) is 5.92 Å². The first-order valence-electron chi connectivity index (χ1n) is 5.83. The largest absolute Gasteiger partial charge is 0.392 e. The van der Waals surface area contributed by atoms with Crippen LogP contribution in [0.25, 0.3) is 0 Å². The van der Waals surface area contributed by atoms with E-state index in [1.54, 1.807) is 0 Å². The van der Waals surface area contributed by atoms with Gasteiger partial charge in [0.15, 0.2) is 0 Å². The third-order valence-electron chi connectivity index (χ3n) is 3.63. The summed E-state index contributed by atoms with van der Waals surface area (Å²) < 4.78 is 0. The summed E-state index contributed by atoms with van der Waals surface area (Å²) in [5.41, 5.74) is 5.91. The molecule has 2 rings (SSSR count). The summed E-state index contributed by atoms with van der Waals surface area (Å²) in [7, 11) is 0. The number of aliphatic hydroxyl groups excluding tert-OH is 1. The van der Waals surface area contributed by atoms with Crippen LogP contribution < -0.4 is 5.73 Å². The van der Waals surface area contributed by atoms with Crippen LogP contribution >= 0.6 is 0 Å². The molecule has 0 bridgehead atoms. The van der Waals surface area contributed by atoms with Crippen LogP contribution in [-0.4, -0.2) is 41.3 Å². The highest BCUT2D eigenvalue weighted by Crippen LogP contribution is 2.27. The summed E-state index contributed by atoms with van der Waals surface area (Å²) in [5.74, 6) is 0.635. The highest BCUT2D eigenvalue weighted by atomic mass is 16.3. The Morgan fingerprint density at radius 3 is 2.57 bits per heavy atom. The zero-order valence-electron chi connectivity index (χ0n) is 9.02. The molecule has 2 aliphatic rings. The van der Waals surface area contributed by atoms with E-state index in [9.17, 15) is 5.11 Å². The van der Waals surface area contributed by atoms with Gasteiger partial charge in [0.05, 0.1) is 6.10 Å². The van der Waals surface area contributed by atoms with Gasteiger partial charge in [-0.3, -0.25) is 4.90 Å². The number of nitrogens with zero attached hydrogens (tertiary/aromatic N) is 1. The van der Waals surface area contributed by atoms with Crippen LogP contribution in [0.1, 0.15) is 32.6 Å². The first kappa shape index (κ1) is 10.4. The summed E-state index contributed by atoms with van der Waals surface area (Å²) in [4.78, 5) is 2.45. The summed E-state index contributed by atoms with van der Waals surface area (Å²) in [6, 6.07) is 1.04. The van der Waals surface area contributed by atoms with Crippen molar-refractivity contribution in [3.63, 3.8) is 0 Å². The Balaban J connectivity index is 1.90. The van der Waals surface area contributed by atoms with E-state index in [4.69, 9.17) is 5.73 Å². The van der Waals surface area contributed by atoms with E-state index in [2.05, 4.69) is 11.8 Å². The van der Waals surface area contributed by atoms with E-state index in [0.29, 0.717) is 18.0 Å². The van der Waals surface area contributed by atoms with Crippen LogP contribution in [0.2, 0.25) is 0 Å². The van der Waals surface area contributed by atoms with Gasteiger partial charge >= 0.3 is 0 Å². The maximum absolute atomic E-state index is 9.70. The van der Waals surface area contributed by atoms with Crippen molar-refractivity contribution in [1.29, 1.82) is 0 Å². The minimum absolute atomic E-state index is 0.115. The third kappa shape index (κ3) is 2.27. The van der Waals surface area contributed by atoms with Crippen molar-refractivity contribution in [2.24, 2.45) is 11.7 Å². The molecule has 14 heavy (non-hydrogen) atoms. The SMILES string of the molecule is C[C@@H]1C[C@H](O)CN(C2CCC(N)C2)C1. The highest BCUT2D eigenvalue weighted by Gasteiger charge is 2.32. The summed E-state index contributed by atoms with van der Waals surface area (Å²) in [6.45, 7) is 4.24. The molecule has 0 aromatic heterocycles. The second kappa shape index (κ2) is 4.17. The topological polar surface area (TPSA) is 49.5 Å². The van der Waals surface area contributed by atoms with Crippen LogP contribution in [-0.2, 0) is 0 Å². The van der Waals surface area contributed by atoms with Crippen LogP contribution in [0.4, 0.5) is 0 Å². The molecule has 0 aromatic rings. The number of nitrogens with two attached hydrogens (primary N) is 1. The molecular formula is C11H22N2O. The van der Waals surface area contributed by atoms with Gasteiger partial charge in [-0.15, -0.1) is 0 Å². The normalized spacial score (nSPS) is 45.6. The fourth-order valence-corrected chi connectivity index (χ4v) is 2.98. The average molecular weight is 198 g/mol. The van der Waals surface area contributed by atoms with Crippen LogP contribution in [0.5, 0.6) is 0 Å². The van der Waals surface area contributed by atoms with Crippen LogP contribution in [0.3, 0.4) is 0 Å². The van der Waals surface area contributed by atoms with Gasteiger partial charge in [-0.25, -0.2) is 0 Å². The molecule has 0 radical (unpaired) electrons. The third-order valence-corrected chi connectivity index (χ3v) is 3.63. The van der Waals surface area contributed by atoms with E-state index in [-0.39, 0.29) is 6.10 Å². The number of hydrogen-bond acceptors (Lipinski definition) is 3. The molecule has 4 atom stereocenters. The fraction of sp³-hybridized carbons (Fsp3) is 1.00. The first-order chi connectivity index (χ1) is 6.65. The Hall–Kier alpha value is -0.120. The molecular weight excluding hydrogens is 176 g/mol. The lowest BCUT2D eigenvalue weighted by Gasteiger charge is -2.38. The van der Waals surface area contributed by atoms with Crippen LogP contribution in [0.15, 0.2) is 0 Å². The first-order valence-corrected chi connectivity index (χ1v) is 5.83. The van der Waals surface area contributed by atoms with Gasteiger partial charge in [-0.1, -0.05) is 6.92 Å². The molecule has 1 saturated heterocycles. The molecule has 1 aliphatic heterocycles. The molecule has 3 heteroatoms. The lowest BCUT2D eigenvalue weighted by atomic mass is 9.96. The molecule has 0 amide bonds. The standard InChI is InChI=1S/C11H22N2O/c1-8-4-11(14)7-13(6-8)10-3-2-9(12)5-10/h8-11,14H,2-7,12H2,1H3/t8-,9?,10?,11+/m1/s1. The predicted octanol–water partition coefficient (Wildman–Crippen LogP) is 0.569. The van der Waals surface area contributed by atoms with Crippen molar-refractivity contribution in [2.75, 3.05) is 13.1 Å². The van der Waals surface area contributed by atoms with Gasteiger partial charge < -0.3 is 10.8 Å². The molecule has 3 nitrogen and oxygen atoms in total. The van der Waals surface area contributed by atoms with Gasteiger partial charge in [0.25, 0.3) is 0 Å². The zero-order chi connectivity index (χ0) is 10.1. The molecule has 1 heterocycles. The van der Waals surface area contributed by atoms with E-state index in [1.807, 2.05) is 0 Å². The van der Waals surface area contributed by atoms with Gasteiger partial charge in [0.2, 0.25) is 0 Å². The van der Waals surface area contributed by atoms with Crippen molar-refractivity contribution >= 4 is 0 Å². The Labute approximate surface area is 86.3 Å². The molecule has 1 saturated carbocycles. The van der Waals surface area contributed by atoms with Gasteiger partial charge in [0, 0.05) is 25.2 Å². The summed E-state index contributed by atoms with van der Waals surface area (Å²) in [6.07, 6.45) is 4.36. The second-order valence-electron chi connectivity index (χ2n) is 5.18. The molecule has 2 unspecified atom stereocenters. The average Bonchev–Trinajstić information content (AvgIpc) is 2.50. The molecule has 0 spiro atoms. The van der Waals surface area contributed by atoms with Crippen molar-refractivity contribution in [2.45, 2.75) is 50.8 Å². The Bertz CT molecular complexity index is 188. The Kier molecular flexibility index (Phi) is 3.10. The van der Waals surface area contributed by atoms with Gasteiger partial charge in [-0.2, -0.15) is 0 Å². The molecule has 0 aromatic carbocycles. The number of β-amino-alcohol motifs (C(OH)–C–C–N with tert-alkyl or cyclic N) is 1. The van der Waals surface area contributed by atoms with Gasteiger partial charge in [0.1, 0.15) is 0 Å². The monoisotopic (exact) mass is 198 g/mol. The maximum atomic E-state index is 9.70. The lowest BCUT2D eigenvalue weighted by molar-refractivity contribution is 0.0230. The fourth-order valence-electron chi connectivity index (χ4n) is 2.98. The molecule has 1 aliphatic carbocycles. The van der Waals surface area contributed by atoms with Crippen molar-refractivity contribution in [1.82, 2.24) is 4.90 Å². The van der Waals surface area contributed by atoms with E-state index in [1.165, 1.54) is 6.42 Å². The highest BCUT2D eigenvalue weighted by molar-refractivity contribution is 4.88. The molecule has 3 N–H and O–H groups in total.